The van der Waals surface area contributed by atoms with E-state index in [1.807, 2.05) is 0 Å². The fraction of sp³-hybridized carbons (Fsp3) is 0.885. The maximum atomic E-state index is 11.0. The van der Waals surface area contributed by atoms with Gasteiger partial charge in [0.2, 0.25) is 0 Å². The molecule has 0 bridgehead atoms. The molecule has 316 valence electrons. The van der Waals surface area contributed by atoms with Crippen molar-refractivity contribution >= 4 is 87.3 Å². The van der Waals surface area contributed by atoms with Gasteiger partial charge in [0, 0.05) is 6.04 Å². The third kappa shape index (κ3) is 14.0. The average molecular weight is 880 g/mol. The van der Waals surface area contributed by atoms with E-state index in [0.717, 1.165) is 0 Å². The molecule has 0 spiro atoms. The summed E-state index contributed by atoms with van der Waals surface area (Å²) in [5, 5.41) is 145. The van der Waals surface area contributed by atoms with E-state index >= 15 is 0 Å². The minimum atomic E-state index is -2.00. The topological polar surface area (TPSA) is 349 Å². The number of carbonyl (C=O) groups excluding carboxylic acids is 1. The molecular formula is C26H57NO19S6. The maximum absolute atomic E-state index is 11.0. The standard InChI is InChI=1S/C26H45NO19.6H2S/c28-3-8-1-10(27-11(2-9(33)4-29)15(35)12(34)5-30)16(36)19(39)23(8)45-26-22(42)20(40)24(14(7-32)44-26)46-25-21(41)18(38)17(37)13(6-31)43-25;;;;;;/h1,5,9-29,31-42H,2-4,6-7H2;6*1H2/t9-,10?,11?,12?,13?,14+,15?,16?,17+,18?,19?,20+,21+,22?,23?,24?,25?,26?;;;;;;/m0....../s1. The molecule has 0 radical (unpaired) electrons. The highest BCUT2D eigenvalue weighted by Crippen LogP contribution is 2.32. The molecule has 0 amide bonds. The van der Waals surface area contributed by atoms with Gasteiger partial charge in [-0.3, -0.25) is 0 Å². The van der Waals surface area contributed by atoms with E-state index < -0.39 is 143 Å². The monoisotopic (exact) mass is 879 g/mol. The Morgan fingerprint density at radius 1 is 0.692 bits per heavy atom. The predicted molar refractivity (Wildman–Crippen MR) is 207 cm³/mol. The number of nitrogens with one attached hydrogen (secondary N) is 1. The van der Waals surface area contributed by atoms with E-state index in [2.05, 4.69) is 5.32 Å². The molecule has 2 fully saturated rings. The van der Waals surface area contributed by atoms with Gasteiger partial charge in [0.25, 0.3) is 0 Å². The number of aldehydes is 1. The highest BCUT2D eigenvalue weighted by molar-refractivity contribution is 7.60. The second-order valence-corrected chi connectivity index (χ2v) is 11.4. The number of ether oxygens (including phenoxy) is 4. The first-order valence-corrected chi connectivity index (χ1v) is 14.5. The van der Waals surface area contributed by atoms with Gasteiger partial charge in [-0.05, 0) is 12.0 Å². The fourth-order valence-electron chi connectivity index (χ4n) is 5.54. The van der Waals surface area contributed by atoms with Crippen molar-refractivity contribution in [3.8, 4) is 0 Å². The van der Waals surface area contributed by atoms with Gasteiger partial charge in [0.05, 0.1) is 38.6 Å². The number of hydrogen-bond acceptors (Lipinski definition) is 20. The lowest BCUT2D eigenvalue weighted by molar-refractivity contribution is -0.364. The molecule has 0 aromatic heterocycles. The summed E-state index contributed by atoms with van der Waals surface area (Å²) in [6.45, 7) is -3.22. The normalized spacial score (nSPS) is 38.0. The van der Waals surface area contributed by atoms with Gasteiger partial charge in [0.15, 0.2) is 18.9 Å². The van der Waals surface area contributed by atoms with Crippen molar-refractivity contribution in [2.75, 3.05) is 26.4 Å². The second-order valence-electron chi connectivity index (χ2n) is 11.4. The molecule has 3 rings (SSSR count). The SMILES string of the molecule is O=CC(O)C(O)C(C[C@H](O)CO)NC1C=C(CO)C(OC2O[C@H](CO)C(OC3OC(CO)[C@@H](O)C(O)[C@H]3O)[C@H](O)C2O)C(O)C1O.S.S.S.S.S.S. The molecule has 18 atom stereocenters. The van der Waals surface area contributed by atoms with Crippen molar-refractivity contribution in [2.24, 2.45) is 0 Å². The molecular weight excluding hydrogens is 823 g/mol. The number of carbonyl (C=O) groups is 1. The van der Waals surface area contributed by atoms with Crippen molar-refractivity contribution in [1.29, 1.82) is 0 Å². The van der Waals surface area contributed by atoms with E-state index in [4.69, 9.17) is 18.9 Å². The summed E-state index contributed by atoms with van der Waals surface area (Å²) in [6.07, 6.45) is -27.2. The van der Waals surface area contributed by atoms with Crippen LogP contribution in [-0.2, 0) is 23.7 Å². The largest absolute Gasteiger partial charge is 0.394 e. The highest BCUT2D eigenvalue weighted by Gasteiger charge is 2.52. The first-order chi connectivity index (χ1) is 21.7. The van der Waals surface area contributed by atoms with E-state index in [0.29, 0.717) is 0 Å². The summed E-state index contributed by atoms with van der Waals surface area (Å²) in [5.74, 6) is 0. The molecule has 52 heavy (non-hydrogen) atoms. The fourth-order valence-corrected chi connectivity index (χ4v) is 5.54. The minimum absolute atomic E-state index is 0. The lowest BCUT2D eigenvalue weighted by atomic mass is 9.86. The van der Waals surface area contributed by atoms with Crippen molar-refractivity contribution < 1.29 is 95.2 Å². The van der Waals surface area contributed by atoms with Crippen LogP contribution < -0.4 is 5.32 Å². The lowest BCUT2D eigenvalue weighted by Gasteiger charge is -2.47. The Morgan fingerprint density at radius 3 is 1.71 bits per heavy atom. The number of rotatable bonds is 15. The summed E-state index contributed by atoms with van der Waals surface area (Å²) in [4.78, 5) is 11.0. The molecule has 3 aliphatic rings. The Hall–Kier alpha value is 0.750. The van der Waals surface area contributed by atoms with E-state index in [-0.39, 0.29) is 92.8 Å². The van der Waals surface area contributed by atoms with Gasteiger partial charge in [-0.2, -0.15) is 81.0 Å². The lowest BCUT2D eigenvalue weighted by Crippen LogP contribution is -2.65. The Kier molecular flexibility index (Phi) is 31.3. The molecule has 1 aliphatic carbocycles. The Morgan fingerprint density at radius 2 is 1.21 bits per heavy atom. The second kappa shape index (κ2) is 27.4. The van der Waals surface area contributed by atoms with Gasteiger partial charge in [0.1, 0.15) is 79.4 Å². The van der Waals surface area contributed by atoms with Gasteiger partial charge in [-0.25, -0.2) is 0 Å². The van der Waals surface area contributed by atoms with Crippen LogP contribution in [0.5, 0.6) is 0 Å². The van der Waals surface area contributed by atoms with Crippen molar-refractivity contribution in [1.82, 2.24) is 5.32 Å². The van der Waals surface area contributed by atoms with E-state index in [9.17, 15) is 76.3 Å². The maximum Gasteiger partial charge on any atom is 0.187 e. The van der Waals surface area contributed by atoms with Crippen molar-refractivity contribution in [3.05, 3.63) is 11.6 Å². The minimum Gasteiger partial charge on any atom is -0.394 e. The van der Waals surface area contributed by atoms with Crippen LogP contribution in [0.25, 0.3) is 0 Å². The molecule has 2 heterocycles. The first-order valence-electron chi connectivity index (χ1n) is 14.5. The van der Waals surface area contributed by atoms with Gasteiger partial charge in [-0.15, -0.1) is 0 Å². The third-order valence-electron chi connectivity index (χ3n) is 8.26. The van der Waals surface area contributed by atoms with Crippen LogP contribution in [0.1, 0.15) is 6.42 Å². The average Bonchev–Trinajstić information content (AvgIpc) is 3.05. The van der Waals surface area contributed by atoms with Crippen LogP contribution in [0.4, 0.5) is 0 Å². The van der Waals surface area contributed by atoms with Crippen molar-refractivity contribution in [3.63, 3.8) is 0 Å². The number of hydrogen-bond donors (Lipinski definition) is 15. The van der Waals surface area contributed by atoms with Crippen LogP contribution in [-0.4, -0.2) is 214 Å². The molecule has 0 aromatic rings. The summed E-state index contributed by atoms with van der Waals surface area (Å²) >= 11 is 0. The van der Waals surface area contributed by atoms with E-state index in [1.54, 1.807) is 0 Å². The van der Waals surface area contributed by atoms with Crippen LogP contribution in [0.15, 0.2) is 11.6 Å². The molecule has 26 heteroatoms. The van der Waals surface area contributed by atoms with Crippen LogP contribution >= 0.6 is 81.0 Å². The number of aliphatic hydroxyl groups is 14. The van der Waals surface area contributed by atoms with Gasteiger partial charge in [-0.1, -0.05) is 6.08 Å². The zero-order valence-corrected chi connectivity index (χ0v) is 33.4. The molecule has 20 nitrogen and oxygen atoms in total. The first kappa shape index (κ1) is 59.4. The van der Waals surface area contributed by atoms with Crippen molar-refractivity contribution in [2.45, 2.75) is 117 Å². The Balaban J connectivity index is -0.00000192. The molecule has 15 N–H and O–H groups in total. The van der Waals surface area contributed by atoms with Crippen LogP contribution in [0, 0.1) is 0 Å². The molecule has 13 unspecified atom stereocenters. The summed E-state index contributed by atoms with van der Waals surface area (Å²) in [6, 6.07) is -2.63. The molecule has 0 aromatic carbocycles. The van der Waals surface area contributed by atoms with Gasteiger partial charge >= 0.3 is 0 Å². The van der Waals surface area contributed by atoms with Crippen LogP contribution in [0.2, 0.25) is 0 Å². The molecule has 0 saturated carbocycles. The highest BCUT2D eigenvalue weighted by atomic mass is 32.1. The van der Waals surface area contributed by atoms with E-state index in [1.165, 1.54) is 6.08 Å². The third-order valence-corrected chi connectivity index (χ3v) is 8.26. The summed E-state index contributed by atoms with van der Waals surface area (Å²) in [5.41, 5.74) is -0.118. The smallest absolute Gasteiger partial charge is 0.187 e. The molecule has 2 saturated heterocycles. The van der Waals surface area contributed by atoms with Gasteiger partial charge < -0.3 is 101 Å². The zero-order chi connectivity index (χ0) is 34.5. The quantitative estimate of drug-likeness (QED) is 0.0536. The zero-order valence-electron chi connectivity index (χ0n) is 27.4. The molecule has 2 aliphatic heterocycles. The predicted octanol–water partition coefficient (Wildman–Crippen LogP) is -8.68. The summed E-state index contributed by atoms with van der Waals surface area (Å²) in [7, 11) is 0. The van der Waals surface area contributed by atoms with Crippen LogP contribution in [0.3, 0.4) is 0 Å². The summed E-state index contributed by atoms with van der Waals surface area (Å²) < 4.78 is 21.9. The number of aliphatic hydroxyl groups excluding tert-OH is 14. The Labute approximate surface area is 341 Å². The Bertz CT molecular complexity index is 1000.